The smallest absolute Gasteiger partial charge is 0.125 e. The van der Waals surface area contributed by atoms with Crippen molar-refractivity contribution in [3.05, 3.63) is 59.2 Å². The van der Waals surface area contributed by atoms with Crippen molar-refractivity contribution in [3.8, 4) is 0 Å². The lowest BCUT2D eigenvalue weighted by molar-refractivity contribution is 0.620. The van der Waals surface area contributed by atoms with E-state index in [4.69, 9.17) is 0 Å². The van der Waals surface area contributed by atoms with E-state index in [1.165, 1.54) is 18.4 Å². The lowest BCUT2D eigenvalue weighted by atomic mass is 10.1. The maximum absolute atomic E-state index is 4.58. The van der Waals surface area contributed by atoms with E-state index >= 15 is 0 Å². The molecule has 3 nitrogen and oxygen atoms in total. The fourth-order valence-electron chi connectivity index (χ4n) is 2.67. The Morgan fingerprint density at radius 2 is 2.05 bits per heavy atom. The van der Waals surface area contributed by atoms with Crippen LogP contribution < -0.4 is 5.32 Å². The van der Waals surface area contributed by atoms with Gasteiger partial charge in [-0.3, -0.25) is 0 Å². The summed E-state index contributed by atoms with van der Waals surface area (Å²) in [6.07, 6.45) is 3.30. The highest BCUT2D eigenvalue weighted by Gasteiger charge is 2.18. The minimum Gasteiger partial charge on any atom is -0.309 e. The Morgan fingerprint density at radius 3 is 2.79 bits per heavy atom. The van der Waals surface area contributed by atoms with Crippen molar-refractivity contribution >= 4 is 0 Å². The Balaban J connectivity index is 1.85. The zero-order valence-corrected chi connectivity index (χ0v) is 11.3. The molecule has 1 aromatic heterocycles. The summed E-state index contributed by atoms with van der Waals surface area (Å²) in [6, 6.07) is 13.0. The summed E-state index contributed by atoms with van der Waals surface area (Å²) in [4.78, 5) is 9.15. The van der Waals surface area contributed by atoms with Crippen molar-refractivity contribution in [1.29, 1.82) is 0 Å². The van der Waals surface area contributed by atoms with Crippen LogP contribution in [-0.4, -0.2) is 16.5 Å². The average Bonchev–Trinajstić information content (AvgIpc) is 2.93. The number of benzene rings is 1. The van der Waals surface area contributed by atoms with Crippen molar-refractivity contribution in [2.75, 3.05) is 6.54 Å². The lowest BCUT2D eigenvalue weighted by Crippen LogP contribution is -2.15. The lowest BCUT2D eigenvalue weighted by Gasteiger charge is -2.12. The molecule has 1 N–H and O–H groups in total. The van der Waals surface area contributed by atoms with E-state index in [0.717, 1.165) is 30.2 Å². The fourth-order valence-corrected chi connectivity index (χ4v) is 2.67. The Hall–Kier alpha value is -1.74. The molecule has 98 valence electrons. The molecule has 3 heteroatoms. The quantitative estimate of drug-likeness (QED) is 0.914. The van der Waals surface area contributed by atoms with Crippen LogP contribution in [0.4, 0.5) is 0 Å². The molecule has 0 spiro atoms. The van der Waals surface area contributed by atoms with Gasteiger partial charge in [-0.05, 0) is 37.9 Å². The van der Waals surface area contributed by atoms with E-state index in [1.54, 1.807) is 0 Å². The molecule has 2 heterocycles. The third-order valence-corrected chi connectivity index (χ3v) is 3.56. The SMILES string of the molecule is Cc1nc(Cc2ccccc2)cc([C@H]2CCCN2)n1. The first-order valence-electron chi connectivity index (χ1n) is 6.93. The molecular weight excluding hydrogens is 234 g/mol. The first kappa shape index (κ1) is 12.3. The fraction of sp³-hybridized carbons (Fsp3) is 0.375. The zero-order valence-electron chi connectivity index (χ0n) is 11.3. The van der Waals surface area contributed by atoms with E-state index < -0.39 is 0 Å². The second kappa shape index (κ2) is 5.49. The molecule has 1 saturated heterocycles. The van der Waals surface area contributed by atoms with Gasteiger partial charge < -0.3 is 5.32 Å². The first-order valence-corrected chi connectivity index (χ1v) is 6.93. The first-order chi connectivity index (χ1) is 9.31. The molecule has 1 fully saturated rings. The van der Waals surface area contributed by atoms with E-state index in [2.05, 4.69) is 45.6 Å². The Morgan fingerprint density at radius 1 is 1.21 bits per heavy atom. The molecule has 3 rings (SSSR count). The molecule has 0 amide bonds. The van der Waals surface area contributed by atoms with Crippen molar-refractivity contribution < 1.29 is 0 Å². The van der Waals surface area contributed by atoms with Crippen LogP contribution in [0.1, 0.15) is 41.7 Å². The molecule has 0 unspecified atom stereocenters. The van der Waals surface area contributed by atoms with Crippen molar-refractivity contribution in [3.63, 3.8) is 0 Å². The maximum Gasteiger partial charge on any atom is 0.125 e. The molecule has 2 aromatic rings. The molecule has 0 aliphatic carbocycles. The number of hydrogen-bond acceptors (Lipinski definition) is 3. The molecule has 0 saturated carbocycles. The molecule has 1 aliphatic heterocycles. The normalized spacial score (nSPS) is 18.7. The minimum absolute atomic E-state index is 0.413. The van der Waals surface area contributed by atoms with Gasteiger partial charge in [-0.1, -0.05) is 30.3 Å². The predicted molar refractivity (Wildman–Crippen MR) is 76.0 cm³/mol. The molecule has 19 heavy (non-hydrogen) atoms. The van der Waals surface area contributed by atoms with Crippen LogP contribution in [0.15, 0.2) is 36.4 Å². The topological polar surface area (TPSA) is 37.8 Å². The number of aryl methyl sites for hydroxylation is 1. The zero-order chi connectivity index (χ0) is 13.1. The third-order valence-electron chi connectivity index (χ3n) is 3.56. The van der Waals surface area contributed by atoms with Crippen molar-refractivity contribution in [2.24, 2.45) is 0 Å². The second-order valence-electron chi connectivity index (χ2n) is 5.14. The summed E-state index contributed by atoms with van der Waals surface area (Å²) in [5.41, 5.74) is 3.56. The minimum atomic E-state index is 0.413. The highest BCUT2D eigenvalue weighted by molar-refractivity contribution is 5.24. The number of aromatic nitrogens is 2. The summed E-state index contributed by atoms with van der Waals surface area (Å²) >= 11 is 0. The largest absolute Gasteiger partial charge is 0.309 e. The van der Waals surface area contributed by atoms with Gasteiger partial charge in [0.15, 0.2) is 0 Å². The maximum atomic E-state index is 4.58. The highest BCUT2D eigenvalue weighted by atomic mass is 15.0. The van der Waals surface area contributed by atoms with Crippen LogP contribution in [0.25, 0.3) is 0 Å². The van der Waals surface area contributed by atoms with E-state index in [1.807, 2.05) is 13.0 Å². The van der Waals surface area contributed by atoms with Crippen LogP contribution in [0, 0.1) is 6.92 Å². The molecule has 1 aromatic carbocycles. The van der Waals surface area contributed by atoms with Gasteiger partial charge in [0.2, 0.25) is 0 Å². The standard InChI is InChI=1S/C16H19N3/c1-12-18-14(10-13-6-3-2-4-7-13)11-16(19-12)15-8-5-9-17-15/h2-4,6-7,11,15,17H,5,8-10H2,1H3/t15-/m1/s1. The number of rotatable bonds is 3. The molecule has 1 atom stereocenters. The van der Waals surface area contributed by atoms with Crippen LogP contribution in [0.5, 0.6) is 0 Å². The second-order valence-corrected chi connectivity index (χ2v) is 5.14. The summed E-state index contributed by atoms with van der Waals surface area (Å²) in [5, 5.41) is 3.50. The van der Waals surface area contributed by atoms with Gasteiger partial charge in [0.25, 0.3) is 0 Å². The summed E-state index contributed by atoms with van der Waals surface area (Å²) < 4.78 is 0. The van der Waals surface area contributed by atoms with Gasteiger partial charge >= 0.3 is 0 Å². The number of nitrogens with zero attached hydrogens (tertiary/aromatic N) is 2. The number of hydrogen-bond donors (Lipinski definition) is 1. The summed E-state index contributed by atoms with van der Waals surface area (Å²) in [7, 11) is 0. The average molecular weight is 253 g/mol. The van der Waals surface area contributed by atoms with E-state index in [9.17, 15) is 0 Å². The third kappa shape index (κ3) is 2.99. The Kier molecular flexibility index (Phi) is 3.56. The van der Waals surface area contributed by atoms with Crippen LogP contribution >= 0.6 is 0 Å². The van der Waals surface area contributed by atoms with Gasteiger partial charge in [-0.25, -0.2) is 9.97 Å². The van der Waals surface area contributed by atoms with Crippen molar-refractivity contribution in [1.82, 2.24) is 15.3 Å². The molecule has 0 bridgehead atoms. The van der Waals surface area contributed by atoms with E-state index in [-0.39, 0.29) is 0 Å². The van der Waals surface area contributed by atoms with Gasteiger partial charge in [-0.15, -0.1) is 0 Å². The van der Waals surface area contributed by atoms with Crippen LogP contribution in [-0.2, 0) is 6.42 Å². The van der Waals surface area contributed by atoms with Gasteiger partial charge in [0.1, 0.15) is 5.82 Å². The van der Waals surface area contributed by atoms with E-state index in [0.29, 0.717) is 6.04 Å². The summed E-state index contributed by atoms with van der Waals surface area (Å²) in [6.45, 7) is 3.08. The molecule has 0 radical (unpaired) electrons. The molecule has 1 aliphatic rings. The van der Waals surface area contributed by atoms with Gasteiger partial charge in [0.05, 0.1) is 5.69 Å². The van der Waals surface area contributed by atoms with Crippen LogP contribution in [0.2, 0.25) is 0 Å². The van der Waals surface area contributed by atoms with Gasteiger partial charge in [-0.2, -0.15) is 0 Å². The molecular formula is C16H19N3. The van der Waals surface area contributed by atoms with Gasteiger partial charge in [0, 0.05) is 18.2 Å². The summed E-state index contributed by atoms with van der Waals surface area (Å²) in [5.74, 6) is 0.872. The van der Waals surface area contributed by atoms with Crippen molar-refractivity contribution in [2.45, 2.75) is 32.2 Å². The monoisotopic (exact) mass is 253 g/mol. The Labute approximate surface area is 114 Å². The number of nitrogens with one attached hydrogen (secondary N) is 1. The predicted octanol–water partition coefficient (Wildman–Crippen LogP) is 2.80. The Bertz CT molecular complexity index is 545. The van der Waals surface area contributed by atoms with Crippen LogP contribution in [0.3, 0.4) is 0 Å². The highest BCUT2D eigenvalue weighted by Crippen LogP contribution is 2.22.